The Labute approximate surface area is 172 Å². The molecular formula is C24H27N3O2. The zero-order valence-corrected chi connectivity index (χ0v) is 16.7. The molecule has 2 heterocycles. The van der Waals surface area contributed by atoms with Gasteiger partial charge < -0.3 is 4.90 Å². The molecule has 5 nitrogen and oxygen atoms in total. The van der Waals surface area contributed by atoms with Crippen molar-refractivity contribution in [3.8, 4) is 0 Å². The second-order valence-electron chi connectivity index (χ2n) is 7.75. The van der Waals surface area contributed by atoms with Gasteiger partial charge in [-0.3, -0.25) is 9.59 Å². The molecule has 2 aromatic carbocycles. The molecule has 2 aliphatic rings. The van der Waals surface area contributed by atoms with Crippen molar-refractivity contribution >= 4 is 17.5 Å². The highest BCUT2D eigenvalue weighted by Gasteiger charge is 2.26. The van der Waals surface area contributed by atoms with Crippen LogP contribution in [-0.2, 0) is 9.59 Å². The van der Waals surface area contributed by atoms with Gasteiger partial charge in [0.2, 0.25) is 11.8 Å². The average Bonchev–Trinajstić information content (AvgIpc) is 3.29. The van der Waals surface area contributed by atoms with Crippen molar-refractivity contribution in [1.29, 1.82) is 0 Å². The summed E-state index contributed by atoms with van der Waals surface area (Å²) in [5.41, 5.74) is 3.35. The maximum absolute atomic E-state index is 12.6. The normalized spacial score (nSPS) is 17.3. The first-order valence-corrected chi connectivity index (χ1v) is 10.5. The quantitative estimate of drug-likeness (QED) is 0.781. The third-order valence-corrected chi connectivity index (χ3v) is 5.87. The molecule has 1 fully saturated rings. The number of hydrogen-bond acceptors (Lipinski definition) is 3. The monoisotopic (exact) mass is 389 g/mol. The summed E-state index contributed by atoms with van der Waals surface area (Å²) >= 11 is 0. The number of carbonyl (C=O) groups excluding carboxylic acids is 2. The van der Waals surface area contributed by atoms with Gasteiger partial charge in [-0.15, -0.1) is 0 Å². The first kappa shape index (κ1) is 19.4. The van der Waals surface area contributed by atoms with Crippen molar-refractivity contribution in [1.82, 2.24) is 9.91 Å². The molecule has 0 radical (unpaired) electrons. The van der Waals surface area contributed by atoms with E-state index in [1.165, 1.54) is 10.6 Å². The molecule has 0 aliphatic carbocycles. The molecular weight excluding hydrogens is 362 g/mol. The van der Waals surface area contributed by atoms with E-state index >= 15 is 0 Å². The highest BCUT2D eigenvalue weighted by molar-refractivity contribution is 6.02. The summed E-state index contributed by atoms with van der Waals surface area (Å²) in [6.45, 7) is 2.14. The standard InChI is InChI=1S/C24H27N3O2/c28-23(26-16-13-20(14-17-26)19-7-3-1-4-8-19)11-12-24(29)27-18-15-22(25-27)21-9-5-2-6-10-21/h1-10,20H,11-18H2. The van der Waals surface area contributed by atoms with Gasteiger partial charge in [0.1, 0.15) is 0 Å². The minimum Gasteiger partial charge on any atom is -0.343 e. The van der Waals surface area contributed by atoms with Crippen LogP contribution in [-0.4, -0.2) is 47.1 Å². The Morgan fingerprint density at radius 1 is 0.828 bits per heavy atom. The van der Waals surface area contributed by atoms with Gasteiger partial charge in [0.05, 0.1) is 12.3 Å². The summed E-state index contributed by atoms with van der Waals surface area (Å²) in [5.74, 6) is 0.539. The molecule has 1 saturated heterocycles. The van der Waals surface area contributed by atoms with E-state index in [0.717, 1.165) is 43.6 Å². The van der Waals surface area contributed by atoms with Gasteiger partial charge in [-0.05, 0) is 29.9 Å². The zero-order valence-electron chi connectivity index (χ0n) is 16.7. The summed E-state index contributed by atoms with van der Waals surface area (Å²) in [6.07, 6.45) is 3.22. The van der Waals surface area contributed by atoms with Gasteiger partial charge in [-0.2, -0.15) is 5.10 Å². The summed E-state index contributed by atoms with van der Waals surface area (Å²) < 4.78 is 0. The molecule has 29 heavy (non-hydrogen) atoms. The van der Waals surface area contributed by atoms with Crippen molar-refractivity contribution in [3.63, 3.8) is 0 Å². The van der Waals surface area contributed by atoms with Gasteiger partial charge in [0.25, 0.3) is 0 Å². The summed E-state index contributed by atoms with van der Waals surface area (Å²) in [5, 5.41) is 5.99. The second-order valence-corrected chi connectivity index (χ2v) is 7.75. The SMILES string of the molecule is O=C(CCC(=O)N1CCC(c2ccccc2)=N1)N1CCC(c2ccccc2)CC1. The Bertz CT molecular complexity index is 872. The third kappa shape index (κ3) is 4.73. The number of piperidine rings is 1. The minimum atomic E-state index is -0.0662. The fourth-order valence-electron chi connectivity index (χ4n) is 4.16. The third-order valence-electron chi connectivity index (χ3n) is 5.87. The van der Waals surface area contributed by atoms with Crippen LogP contribution in [0.2, 0.25) is 0 Å². The van der Waals surface area contributed by atoms with Crippen molar-refractivity contribution in [3.05, 3.63) is 71.8 Å². The molecule has 0 unspecified atom stereocenters. The number of likely N-dealkylation sites (tertiary alicyclic amines) is 1. The first-order chi connectivity index (χ1) is 14.2. The second kappa shape index (κ2) is 9.03. The van der Waals surface area contributed by atoms with E-state index in [4.69, 9.17) is 0 Å². The highest BCUT2D eigenvalue weighted by Crippen LogP contribution is 2.28. The lowest BCUT2D eigenvalue weighted by Crippen LogP contribution is -2.38. The van der Waals surface area contributed by atoms with Crippen LogP contribution >= 0.6 is 0 Å². The predicted octanol–water partition coefficient (Wildman–Crippen LogP) is 3.81. The average molecular weight is 389 g/mol. The van der Waals surface area contributed by atoms with Crippen LogP contribution in [0, 0.1) is 0 Å². The number of rotatable bonds is 5. The molecule has 5 heteroatoms. The van der Waals surface area contributed by atoms with Crippen LogP contribution in [0.5, 0.6) is 0 Å². The Hall–Kier alpha value is -2.95. The van der Waals surface area contributed by atoms with E-state index in [9.17, 15) is 9.59 Å². The molecule has 150 valence electrons. The van der Waals surface area contributed by atoms with E-state index in [2.05, 4.69) is 29.4 Å². The maximum Gasteiger partial charge on any atom is 0.243 e. The molecule has 0 atom stereocenters. The smallest absolute Gasteiger partial charge is 0.243 e. The zero-order chi connectivity index (χ0) is 20.1. The Balaban J connectivity index is 1.24. The number of hydrogen-bond donors (Lipinski definition) is 0. The molecule has 2 amide bonds. The lowest BCUT2D eigenvalue weighted by molar-refractivity contribution is -0.137. The van der Waals surface area contributed by atoms with Gasteiger partial charge >= 0.3 is 0 Å². The van der Waals surface area contributed by atoms with Crippen molar-refractivity contribution in [2.24, 2.45) is 5.10 Å². The Morgan fingerprint density at radius 3 is 2.14 bits per heavy atom. The van der Waals surface area contributed by atoms with Gasteiger partial charge in [-0.25, -0.2) is 5.01 Å². The molecule has 0 spiro atoms. The number of nitrogens with zero attached hydrogens (tertiary/aromatic N) is 3. The maximum atomic E-state index is 12.6. The largest absolute Gasteiger partial charge is 0.343 e. The topological polar surface area (TPSA) is 53.0 Å². The molecule has 0 saturated carbocycles. The number of benzene rings is 2. The number of hydrazone groups is 1. The fraction of sp³-hybridized carbons (Fsp3) is 0.375. The summed E-state index contributed by atoms with van der Waals surface area (Å²) in [7, 11) is 0. The van der Waals surface area contributed by atoms with Crippen LogP contribution in [0.1, 0.15) is 49.1 Å². The van der Waals surface area contributed by atoms with Crippen LogP contribution < -0.4 is 0 Å². The van der Waals surface area contributed by atoms with Crippen molar-refractivity contribution in [2.45, 2.75) is 38.0 Å². The van der Waals surface area contributed by atoms with E-state index in [1.807, 2.05) is 41.3 Å². The van der Waals surface area contributed by atoms with E-state index < -0.39 is 0 Å². The van der Waals surface area contributed by atoms with Crippen LogP contribution in [0.25, 0.3) is 0 Å². The number of carbonyl (C=O) groups is 2. The molecule has 0 bridgehead atoms. The van der Waals surface area contributed by atoms with E-state index in [1.54, 1.807) is 0 Å². The lowest BCUT2D eigenvalue weighted by atomic mass is 9.89. The lowest BCUT2D eigenvalue weighted by Gasteiger charge is -2.32. The first-order valence-electron chi connectivity index (χ1n) is 10.5. The van der Waals surface area contributed by atoms with Crippen molar-refractivity contribution < 1.29 is 9.59 Å². The van der Waals surface area contributed by atoms with E-state index in [-0.39, 0.29) is 24.7 Å². The van der Waals surface area contributed by atoms with Crippen molar-refractivity contribution in [2.75, 3.05) is 19.6 Å². The molecule has 2 aliphatic heterocycles. The van der Waals surface area contributed by atoms with Crippen LogP contribution in [0.4, 0.5) is 0 Å². The molecule has 2 aromatic rings. The Kier molecular flexibility index (Phi) is 6.03. The van der Waals surface area contributed by atoms with E-state index in [0.29, 0.717) is 12.5 Å². The molecule has 0 N–H and O–H groups in total. The fourth-order valence-corrected chi connectivity index (χ4v) is 4.16. The van der Waals surface area contributed by atoms with Crippen LogP contribution in [0.3, 0.4) is 0 Å². The Morgan fingerprint density at radius 2 is 1.45 bits per heavy atom. The highest BCUT2D eigenvalue weighted by atomic mass is 16.2. The molecule has 0 aromatic heterocycles. The van der Waals surface area contributed by atoms with Gasteiger partial charge in [0.15, 0.2) is 0 Å². The van der Waals surface area contributed by atoms with Gasteiger partial charge in [0, 0.05) is 32.4 Å². The molecule has 4 rings (SSSR count). The summed E-state index contributed by atoms with van der Waals surface area (Å²) in [6, 6.07) is 20.4. The minimum absolute atomic E-state index is 0.0662. The number of amides is 2. The van der Waals surface area contributed by atoms with Crippen LogP contribution in [0.15, 0.2) is 65.8 Å². The van der Waals surface area contributed by atoms with Gasteiger partial charge in [-0.1, -0.05) is 60.7 Å². The predicted molar refractivity (Wildman–Crippen MR) is 114 cm³/mol. The summed E-state index contributed by atoms with van der Waals surface area (Å²) in [4.78, 5) is 27.0.